The van der Waals surface area contributed by atoms with Gasteiger partial charge in [-0.2, -0.15) is 0 Å². The number of ether oxygens (including phenoxy) is 2. The minimum Gasteiger partial charge on any atom is -0.429 e. The molecule has 0 atom stereocenters. The maximum Gasteiger partial charge on any atom is 0.318 e. The number of carbonyl (C=O) groups excluding carboxylic acids is 3. The first-order chi connectivity index (χ1) is 8.19. The number of urea groups is 1. The van der Waals surface area contributed by atoms with Gasteiger partial charge in [0, 0.05) is 30.9 Å². The van der Waals surface area contributed by atoms with Crippen LogP contribution in [0, 0.1) is 0 Å². The third-order valence-electron chi connectivity index (χ3n) is 1.73. The lowest BCUT2D eigenvalue weighted by molar-refractivity contribution is -0.121. The smallest absolute Gasteiger partial charge is 0.318 e. The molecule has 7 heteroatoms. The molecule has 0 aliphatic carbocycles. The van der Waals surface area contributed by atoms with Gasteiger partial charge in [-0.1, -0.05) is 0 Å². The van der Waals surface area contributed by atoms with Crippen LogP contribution in [0.25, 0.3) is 0 Å². The van der Waals surface area contributed by atoms with E-state index < -0.39 is 6.03 Å². The summed E-state index contributed by atoms with van der Waals surface area (Å²) in [6.45, 7) is 0.452. The monoisotopic (exact) mass is 238 g/mol. The lowest BCUT2D eigenvalue weighted by atomic mass is 10.3. The highest BCUT2D eigenvalue weighted by atomic mass is 16.5. The van der Waals surface area contributed by atoms with Gasteiger partial charge >= 0.3 is 6.03 Å². The summed E-state index contributed by atoms with van der Waals surface area (Å²) in [6.07, 6.45) is 0. The zero-order valence-electron chi connectivity index (χ0n) is 8.93. The van der Waals surface area contributed by atoms with E-state index in [-0.39, 0.29) is 24.4 Å². The van der Waals surface area contributed by atoms with Gasteiger partial charge in [-0.15, -0.1) is 0 Å². The van der Waals surface area contributed by atoms with Crippen LogP contribution < -0.4 is 20.1 Å². The molecule has 0 heterocycles. The molecule has 0 spiro atoms. The van der Waals surface area contributed by atoms with Crippen LogP contribution in [0.2, 0.25) is 0 Å². The van der Waals surface area contributed by atoms with Crippen LogP contribution in [0.15, 0.2) is 18.2 Å². The van der Waals surface area contributed by atoms with Crippen molar-refractivity contribution >= 4 is 24.7 Å². The van der Waals surface area contributed by atoms with Crippen molar-refractivity contribution in [3.63, 3.8) is 0 Å². The molecule has 0 saturated heterocycles. The zero-order valence-corrected chi connectivity index (χ0v) is 8.93. The van der Waals surface area contributed by atoms with Gasteiger partial charge in [0.15, 0.2) is 0 Å². The molecule has 0 fully saturated rings. The minimum atomic E-state index is -0.453. The molecule has 0 aliphatic heterocycles. The molecule has 0 unspecified atom stereocenters. The number of carbonyl (C=O) groups is 3. The quantitative estimate of drug-likeness (QED) is 0.729. The first-order valence-electron chi connectivity index (χ1n) is 4.54. The Morgan fingerprint density at radius 2 is 1.65 bits per heavy atom. The molecule has 17 heavy (non-hydrogen) atoms. The summed E-state index contributed by atoms with van der Waals surface area (Å²) in [7, 11) is 1.45. The van der Waals surface area contributed by atoms with Crippen molar-refractivity contribution in [3.8, 4) is 11.5 Å². The van der Waals surface area contributed by atoms with Gasteiger partial charge in [-0.25, -0.2) is 4.79 Å². The van der Waals surface area contributed by atoms with Crippen molar-refractivity contribution in [1.82, 2.24) is 5.32 Å². The number of benzene rings is 1. The van der Waals surface area contributed by atoms with Gasteiger partial charge in [-0.05, 0) is 0 Å². The molecular weight excluding hydrogens is 228 g/mol. The molecule has 0 radical (unpaired) electrons. The van der Waals surface area contributed by atoms with E-state index in [2.05, 4.69) is 20.1 Å². The average Bonchev–Trinajstić information content (AvgIpc) is 2.29. The topological polar surface area (TPSA) is 93.7 Å². The van der Waals surface area contributed by atoms with Crippen LogP contribution in [-0.2, 0) is 9.59 Å². The summed E-state index contributed by atoms with van der Waals surface area (Å²) in [5.74, 6) is 0.288. The van der Waals surface area contributed by atoms with Crippen LogP contribution in [0.3, 0.4) is 0 Å². The standard InChI is InChI=1S/C10H10N2O5/c1-11-10(15)12-7-2-8(16-5-13)4-9(3-7)17-6-14/h2-6H,1H3,(H2,11,12,15). The Kier molecular flexibility index (Phi) is 4.49. The van der Waals surface area contributed by atoms with Crippen LogP contribution >= 0.6 is 0 Å². The Morgan fingerprint density at radius 3 is 2.06 bits per heavy atom. The Bertz CT molecular complexity index is 404. The Labute approximate surface area is 96.7 Å². The summed E-state index contributed by atoms with van der Waals surface area (Å²) in [5.41, 5.74) is 0.320. The molecule has 0 aromatic heterocycles. The van der Waals surface area contributed by atoms with Crippen LogP contribution in [0.1, 0.15) is 0 Å². The van der Waals surface area contributed by atoms with Crippen LogP contribution in [0.4, 0.5) is 10.5 Å². The lowest BCUT2D eigenvalue weighted by Gasteiger charge is -2.08. The van der Waals surface area contributed by atoms with Crippen molar-refractivity contribution in [1.29, 1.82) is 0 Å². The Balaban J connectivity index is 2.97. The molecule has 0 saturated carbocycles. The summed E-state index contributed by atoms with van der Waals surface area (Å²) in [5, 5.41) is 4.79. The molecule has 2 N–H and O–H groups in total. The van der Waals surface area contributed by atoms with E-state index >= 15 is 0 Å². The predicted molar refractivity (Wildman–Crippen MR) is 57.9 cm³/mol. The first kappa shape index (κ1) is 12.5. The lowest BCUT2D eigenvalue weighted by Crippen LogP contribution is -2.24. The van der Waals surface area contributed by atoms with Gasteiger partial charge in [0.1, 0.15) is 11.5 Å². The second-order valence-corrected chi connectivity index (χ2v) is 2.83. The van der Waals surface area contributed by atoms with Crippen LogP contribution in [0.5, 0.6) is 11.5 Å². The minimum absolute atomic E-state index is 0.144. The molecule has 90 valence electrons. The van der Waals surface area contributed by atoms with Gasteiger partial charge in [0.2, 0.25) is 0 Å². The van der Waals surface area contributed by atoms with Crippen LogP contribution in [-0.4, -0.2) is 26.0 Å². The highest BCUT2D eigenvalue weighted by Crippen LogP contribution is 2.25. The SMILES string of the molecule is CNC(=O)Nc1cc(OC=O)cc(OC=O)c1. The number of anilines is 1. The third kappa shape index (κ3) is 3.82. The fraction of sp³-hybridized carbons (Fsp3) is 0.100. The van der Waals surface area contributed by atoms with E-state index in [1.807, 2.05) is 0 Å². The van der Waals surface area contributed by atoms with Crippen molar-refractivity contribution < 1.29 is 23.9 Å². The van der Waals surface area contributed by atoms with Gasteiger partial charge in [0.05, 0.1) is 0 Å². The molecule has 1 rings (SSSR count). The molecule has 1 aromatic carbocycles. The normalized spacial score (nSPS) is 9.00. The number of hydrogen-bond acceptors (Lipinski definition) is 5. The van der Waals surface area contributed by atoms with Gasteiger partial charge < -0.3 is 20.1 Å². The Morgan fingerprint density at radius 1 is 1.12 bits per heavy atom. The molecule has 7 nitrogen and oxygen atoms in total. The number of hydrogen-bond donors (Lipinski definition) is 2. The summed E-state index contributed by atoms with van der Waals surface area (Å²) < 4.78 is 9.20. The second-order valence-electron chi connectivity index (χ2n) is 2.83. The van der Waals surface area contributed by atoms with E-state index in [0.29, 0.717) is 5.69 Å². The van der Waals surface area contributed by atoms with E-state index in [1.165, 1.54) is 25.2 Å². The third-order valence-corrected chi connectivity index (χ3v) is 1.73. The first-order valence-corrected chi connectivity index (χ1v) is 4.54. The number of nitrogens with one attached hydrogen (secondary N) is 2. The number of rotatable bonds is 5. The predicted octanol–water partition coefficient (Wildman–Crippen LogP) is 0.508. The van der Waals surface area contributed by atoms with Crippen molar-refractivity contribution in [2.75, 3.05) is 12.4 Å². The average molecular weight is 238 g/mol. The molecule has 2 amide bonds. The van der Waals surface area contributed by atoms with Crippen molar-refractivity contribution in [2.45, 2.75) is 0 Å². The van der Waals surface area contributed by atoms with Gasteiger partial charge in [-0.3, -0.25) is 9.59 Å². The Hall–Kier alpha value is -2.57. The van der Waals surface area contributed by atoms with Crippen molar-refractivity contribution in [2.24, 2.45) is 0 Å². The molecule has 0 bridgehead atoms. The fourth-order valence-electron chi connectivity index (χ4n) is 1.08. The second kappa shape index (κ2) is 6.11. The van der Waals surface area contributed by atoms with Crippen molar-refractivity contribution in [3.05, 3.63) is 18.2 Å². The summed E-state index contributed by atoms with van der Waals surface area (Å²) in [4.78, 5) is 31.5. The highest BCUT2D eigenvalue weighted by Gasteiger charge is 2.05. The van der Waals surface area contributed by atoms with E-state index in [0.717, 1.165) is 0 Å². The maximum atomic E-state index is 11.1. The van der Waals surface area contributed by atoms with Gasteiger partial charge in [0.25, 0.3) is 12.9 Å². The zero-order chi connectivity index (χ0) is 12.7. The summed E-state index contributed by atoms with van der Waals surface area (Å²) in [6, 6.07) is 3.69. The molecule has 0 aliphatic rings. The van der Waals surface area contributed by atoms with E-state index in [9.17, 15) is 14.4 Å². The largest absolute Gasteiger partial charge is 0.429 e. The molecule has 1 aromatic rings. The maximum absolute atomic E-state index is 11.1. The van der Waals surface area contributed by atoms with E-state index in [4.69, 9.17) is 0 Å². The fourth-order valence-corrected chi connectivity index (χ4v) is 1.08. The van der Waals surface area contributed by atoms with E-state index in [1.54, 1.807) is 0 Å². The highest BCUT2D eigenvalue weighted by molar-refractivity contribution is 5.89. The molecular formula is C10H10N2O5. The summed E-state index contributed by atoms with van der Waals surface area (Å²) >= 11 is 0. The number of amides is 2.